The zero-order valence-corrected chi connectivity index (χ0v) is 14.6. The Hall–Kier alpha value is -0.580. The lowest BCUT2D eigenvalue weighted by atomic mass is 9.88. The number of benzene rings is 2. The van der Waals surface area contributed by atoms with Gasteiger partial charge in [-0.1, -0.05) is 63.4 Å². The highest BCUT2D eigenvalue weighted by Gasteiger charge is 2.25. The van der Waals surface area contributed by atoms with Gasteiger partial charge in [0.05, 0.1) is 6.10 Å². The molecular weight excluding hydrogens is 373 g/mol. The fourth-order valence-corrected chi connectivity index (χ4v) is 3.39. The molecule has 0 aliphatic rings. The predicted molar refractivity (Wildman–Crippen MR) is 92.1 cm³/mol. The molecule has 0 amide bonds. The number of aliphatic hydroxyl groups excluding tert-OH is 1. The number of halogens is 3. The zero-order valence-electron chi connectivity index (χ0n) is 11.5. The molecule has 2 nitrogen and oxygen atoms in total. The van der Waals surface area contributed by atoms with Crippen LogP contribution in [0.3, 0.4) is 0 Å². The molecule has 0 aliphatic carbocycles. The van der Waals surface area contributed by atoms with Crippen LogP contribution < -0.4 is 5.73 Å². The quantitative estimate of drug-likeness (QED) is 0.786. The van der Waals surface area contributed by atoms with Crippen molar-refractivity contribution in [3.05, 3.63) is 67.6 Å². The molecule has 2 aromatic rings. The second-order valence-electron chi connectivity index (χ2n) is 4.93. The molecule has 0 fully saturated rings. The van der Waals surface area contributed by atoms with E-state index in [2.05, 4.69) is 15.9 Å². The minimum atomic E-state index is -0.747. The van der Waals surface area contributed by atoms with Crippen LogP contribution in [0.4, 0.5) is 0 Å². The summed E-state index contributed by atoms with van der Waals surface area (Å²) in [4.78, 5) is 0. The summed E-state index contributed by atoms with van der Waals surface area (Å²) in [7, 11) is 0. The van der Waals surface area contributed by atoms with E-state index < -0.39 is 6.10 Å². The normalized spacial score (nSPS) is 14.0. The van der Waals surface area contributed by atoms with E-state index >= 15 is 0 Å². The summed E-state index contributed by atoms with van der Waals surface area (Å²) in [6, 6.07) is 11.0. The van der Waals surface area contributed by atoms with Crippen LogP contribution in [0.2, 0.25) is 10.0 Å². The van der Waals surface area contributed by atoms with Crippen molar-refractivity contribution in [2.45, 2.75) is 18.9 Å². The Morgan fingerprint density at radius 1 is 1.19 bits per heavy atom. The first kappa shape index (κ1) is 16.8. The first-order chi connectivity index (χ1) is 9.95. The van der Waals surface area contributed by atoms with E-state index in [-0.39, 0.29) is 12.5 Å². The van der Waals surface area contributed by atoms with Crippen LogP contribution in [-0.2, 0) is 0 Å². The van der Waals surface area contributed by atoms with Crippen molar-refractivity contribution in [2.24, 2.45) is 5.73 Å². The molecule has 0 radical (unpaired) electrons. The Kier molecular flexibility index (Phi) is 5.69. The predicted octanol–water partition coefficient (Wildman–Crippen LogP) is 4.84. The molecule has 2 rings (SSSR count). The minimum Gasteiger partial charge on any atom is -0.388 e. The number of aryl methyl sites for hydroxylation is 1. The van der Waals surface area contributed by atoms with Crippen molar-refractivity contribution in [1.29, 1.82) is 0 Å². The molecule has 0 aliphatic heterocycles. The standard InChI is InChI=1S/C16H16BrCl2NO/c1-9-3-2-4-12(15(9)17)16(21)13(8-20)11-6-5-10(18)7-14(11)19/h2-7,13,16,21H,8,20H2,1H3. The number of aliphatic hydroxyl groups is 1. The van der Waals surface area contributed by atoms with Gasteiger partial charge in [-0.25, -0.2) is 0 Å². The Balaban J connectivity index is 2.43. The number of nitrogens with two attached hydrogens (primary N) is 1. The summed E-state index contributed by atoms with van der Waals surface area (Å²) < 4.78 is 0.890. The number of hydrogen-bond donors (Lipinski definition) is 2. The second-order valence-corrected chi connectivity index (χ2v) is 6.57. The van der Waals surface area contributed by atoms with Crippen molar-refractivity contribution in [1.82, 2.24) is 0 Å². The first-order valence-electron chi connectivity index (χ1n) is 6.53. The Labute approximate surface area is 143 Å². The molecule has 0 saturated carbocycles. The third kappa shape index (κ3) is 3.61. The fourth-order valence-electron chi connectivity index (χ4n) is 2.34. The Morgan fingerprint density at radius 3 is 2.52 bits per heavy atom. The molecule has 2 unspecified atom stereocenters. The maximum atomic E-state index is 10.7. The molecule has 0 bridgehead atoms. The third-order valence-electron chi connectivity index (χ3n) is 3.54. The molecule has 3 N–H and O–H groups in total. The smallest absolute Gasteiger partial charge is 0.0882 e. The van der Waals surface area contributed by atoms with E-state index in [1.54, 1.807) is 12.1 Å². The number of hydrogen-bond acceptors (Lipinski definition) is 2. The second kappa shape index (κ2) is 7.12. The molecule has 0 saturated heterocycles. The van der Waals surface area contributed by atoms with Gasteiger partial charge in [-0.15, -0.1) is 0 Å². The highest BCUT2D eigenvalue weighted by molar-refractivity contribution is 9.10. The molecule has 0 aromatic heterocycles. The maximum Gasteiger partial charge on any atom is 0.0882 e. The molecule has 5 heteroatoms. The van der Waals surface area contributed by atoms with E-state index in [0.717, 1.165) is 21.2 Å². The van der Waals surface area contributed by atoms with Gasteiger partial charge in [-0.05, 0) is 35.7 Å². The first-order valence-corrected chi connectivity index (χ1v) is 8.08. The van der Waals surface area contributed by atoms with Gasteiger partial charge in [0, 0.05) is 27.0 Å². The van der Waals surface area contributed by atoms with E-state index in [0.29, 0.717) is 10.0 Å². The summed E-state index contributed by atoms with van der Waals surface area (Å²) in [5, 5.41) is 11.8. The molecular formula is C16H16BrCl2NO. The molecule has 0 spiro atoms. The lowest BCUT2D eigenvalue weighted by Gasteiger charge is -2.24. The molecule has 2 atom stereocenters. The van der Waals surface area contributed by atoms with Crippen molar-refractivity contribution < 1.29 is 5.11 Å². The van der Waals surface area contributed by atoms with Gasteiger partial charge in [0.2, 0.25) is 0 Å². The van der Waals surface area contributed by atoms with Crippen LogP contribution in [0.25, 0.3) is 0 Å². The van der Waals surface area contributed by atoms with Crippen molar-refractivity contribution in [3.63, 3.8) is 0 Å². The monoisotopic (exact) mass is 387 g/mol. The van der Waals surface area contributed by atoms with Crippen LogP contribution in [0.5, 0.6) is 0 Å². The SMILES string of the molecule is Cc1cccc(C(O)C(CN)c2ccc(Cl)cc2Cl)c1Br. The summed E-state index contributed by atoms with van der Waals surface area (Å²) in [5.74, 6) is -0.298. The molecule has 0 heterocycles. The Bertz CT molecular complexity index is 648. The Morgan fingerprint density at radius 2 is 1.90 bits per heavy atom. The van der Waals surface area contributed by atoms with Crippen LogP contribution >= 0.6 is 39.1 Å². The van der Waals surface area contributed by atoms with Gasteiger partial charge >= 0.3 is 0 Å². The van der Waals surface area contributed by atoms with Crippen LogP contribution in [0, 0.1) is 6.92 Å². The highest BCUT2D eigenvalue weighted by atomic mass is 79.9. The topological polar surface area (TPSA) is 46.2 Å². The highest BCUT2D eigenvalue weighted by Crippen LogP contribution is 2.38. The van der Waals surface area contributed by atoms with Gasteiger partial charge in [-0.2, -0.15) is 0 Å². The third-order valence-corrected chi connectivity index (χ3v) is 5.18. The van der Waals surface area contributed by atoms with Gasteiger partial charge < -0.3 is 10.8 Å². The lowest BCUT2D eigenvalue weighted by molar-refractivity contribution is 0.146. The van der Waals surface area contributed by atoms with Crippen LogP contribution in [-0.4, -0.2) is 11.7 Å². The average molecular weight is 389 g/mol. The van der Waals surface area contributed by atoms with E-state index in [1.807, 2.05) is 31.2 Å². The van der Waals surface area contributed by atoms with Crippen molar-refractivity contribution in [2.75, 3.05) is 6.54 Å². The molecule has 21 heavy (non-hydrogen) atoms. The average Bonchev–Trinajstić information content (AvgIpc) is 2.44. The van der Waals surface area contributed by atoms with Gasteiger partial charge in [0.1, 0.15) is 0 Å². The van der Waals surface area contributed by atoms with Gasteiger partial charge in [-0.3, -0.25) is 0 Å². The summed E-state index contributed by atoms with van der Waals surface area (Å²) in [6.45, 7) is 2.26. The largest absolute Gasteiger partial charge is 0.388 e. The number of rotatable bonds is 4. The molecule has 2 aromatic carbocycles. The van der Waals surface area contributed by atoms with Crippen LogP contribution in [0.15, 0.2) is 40.9 Å². The van der Waals surface area contributed by atoms with Crippen molar-refractivity contribution >= 4 is 39.1 Å². The zero-order chi connectivity index (χ0) is 15.6. The summed E-state index contributed by atoms with van der Waals surface area (Å²) in [5.41, 5.74) is 8.53. The fraction of sp³-hybridized carbons (Fsp3) is 0.250. The maximum absolute atomic E-state index is 10.7. The van der Waals surface area contributed by atoms with E-state index in [9.17, 15) is 5.11 Å². The minimum absolute atomic E-state index is 0.281. The molecule has 112 valence electrons. The van der Waals surface area contributed by atoms with Gasteiger partial charge in [0.15, 0.2) is 0 Å². The summed E-state index contributed by atoms with van der Waals surface area (Å²) >= 11 is 15.7. The van der Waals surface area contributed by atoms with E-state index in [1.165, 1.54) is 0 Å². The lowest BCUT2D eigenvalue weighted by Crippen LogP contribution is -2.21. The van der Waals surface area contributed by atoms with Gasteiger partial charge in [0.25, 0.3) is 0 Å². The van der Waals surface area contributed by atoms with Crippen LogP contribution in [0.1, 0.15) is 28.7 Å². The van der Waals surface area contributed by atoms with Crippen molar-refractivity contribution in [3.8, 4) is 0 Å². The summed E-state index contributed by atoms with van der Waals surface area (Å²) in [6.07, 6.45) is -0.747. The van der Waals surface area contributed by atoms with E-state index in [4.69, 9.17) is 28.9 Å².